The lowest BCUT2D eigenvalue weighted by molar-refractivity contribution is 0.0948. The summed E-state index contributed by atoms with van der Waals surface area (Å²) in [5.41, 5.74) is 2.04. The largest absolute Gasteiger partial charge is 0.352 e. The smallest absolute Gasteiger partial charge is 0.258 e. The van der Waals surface area contributed by atoms with Crippen LogP contribution in [0.25, 0.3) is 17.3 Å². The fourth-order valence-electron chi connectivity index (χ4n) is 2.78. The molecule has 1 aliphatic carbocycles. The Morgan fingerprint density at radius 1 is 1.41 bits per heavy atom. The van der Waals surface area contributed by atoms with E-state index >= 15 is 0 Å². The quantitative estimate of drug-likeness (QED) is 0.720. The molecule has 0 atom stereocenters. The molecule has 1 aliphatic rings. The minimum Gasteiger partial charge on any atom is -0.352 e. The van der Waals surface area contributed by atoms with Crippen molar-refractivity contribution < 1.29 is 9.32 Å². The van der Waals surface area contributed by atoms with Gasteiger partial charge < -0.3 is 9.84 Å². The maximum absolute atomic E-state index is 12.4. The van der Waals surface area contributed by atoms with Gasteiger partial charge in [-0.1, -0.05) is 19.0 Å². The molecule has 27 heavy (non-hydrogen) atoms. The van der Waals surface area contributed by atoms with Crippen LogP contribution in [-0.2, 0) is 0 Å². The van der Waals surface area contributed by atoms with Crippen LogP contribution in [0.3, 0.4) is 0 Å². The van der Waals surface area contributed by atoms with Gasteiger partial charge in [0.15, 0.2) is 11.6 Å². The number of aromatic nitrogens is 5. The van der Waals surface area contributed by atoms with Crippen LogP contribution >= 0.6 is 0 Å². The monoisotopic (exact) mass is 366 g/mol. The van der Waals surface area contributed by atoms with Gasteiger partial charge in [0.2, 0.25) is 0 Å². The number of hydrogen-bond donors (Lipinski definition) is 1. The van der Waals surface area contributed by atoms with Gasteiger partial charge in [-0.15, -0.1) is 0 Å². The van der Waals surface area contributed by atoms with Crippen molar-refractivity contribution in [3.8, 4) is 17.3 Å². The van der Waals surface area contributed by atoms with Crippen LogP contribution in [0, 0.1) is 12.8 Å². The number of nitrogens with zero attached hydrogens (tertiary/aromatic N) is 5. The molecule has 3 aromatic rings. The number of hydrogen-bond acceptors (Lipinski definition) is 6. The first-order chi connectivity index (χ1) is 13.0. The second kappa shape index (κ2) is 6.94. The van der Waals surface area contributed by atoms with Crippen molar-refractivity contribution in [2.75, 3.05) is 6.54 Å². The van der Waals surface area contributed by atoms with Crippen molar-refractivity contribution in [1.82, 2.24) is 30.2 Å². The fourth-order valence-corrected chi connectivity index (χ4v) is 2.78. The van der Waals surface area contributed by atoms with Crippen LogP contribution in [0.1, 0.15) is 54.5 Å². The lowest BCUT2D eigenvalue weighted by Crippen LogP contribution is -2.27. The maximum Gasteiger partial charge on any atom is 0.258 e. The minimum atomic E-state index is -0.130. The van der Waals surface area contributed by atoms with E-state index in [1.54, 1.807) is 17.1 Å². The van der Waals surface area contributed by atoms with Crippen molar-refractivity contribution in [2.24, 2.45) is 5.92 Å². The van der Waals surface area contributed by atoms with Crippen molar-refractivity contribution in [2.45, 2.75) is 39.5 Å². The number of carbonyl (C=O) groups excluding carboxylic acids is 1. The van der Waals surface area contributed by atoms with E-state index < -0.39 is 0 Å². The molecule has 0 unspecified atom stereocenters. The third-order valence-electron chi connectivity index (χ3n) is 4.52. The Labute approximate surface area is 157 Å². The van der Waals surface area contributed by atoms with Crippen molar-refractivity contribution in [1.29, 1.82) is 0 Å². The van der Waals surface area contributed by atoms with E-state index in [1.807, 2.05) is 19.1 Å². The highest BCUT2D eigenvalue weighted by atomic mass is 16.5. The van der Waals surface area contributed by atoms with Gasteiger partial charge in [0.05, 0.1) is 17.5 Å². The van der Waals surface area contributed by atoms with Gasteiger partial charge in [0.25, 0.3) is 11.8 Å². The summed E-state index contributed by atoms with van der Waals surface area (Å²) in [5.74, 6) is 2.53. The fraction of sp³-hybridized carbons (Fsp3) is 0.421. The lowest BCUT2D eigenvalue weighted by atomic mass is 10.2. The minimum absolute atomic E-state index is 0.130. The molecular formula is C19H22N6O2. The highest BCUT2D eigenvalue weighted by Crippen LogP contribution is 2.38. The zero-order chi connectivity index (χ0) is 19.0. The molecule has 8 nitrogen and oxygen atoms in total. The third kappa shape index (κ3) is 3.60. The Kier molecular flexibility index (Phi) is 4.47. The van der Waals surface area contributed by atoms with Gasteiger partial charge in [0, 0.05) is 24.2 Å². The standard InChI is InChI=1S/C19H22N6O2/c1-11(2)9-21-18(26)15-10-22-25(12(15)3)16-8-14(6-7-20-16)19-23-17(24-27-19)13-4-5-13/h6-8,10-11,13H,4-5,9H2,1-3H3,(H,21,26). The molecule has 1 N–H and O–H groups in total. The van der Waals surface area contributed by atoms with E-state index in [1.165, 1.54) is 0 Å². The Morgan fingerprint density at radius 2 is 2.22 bits per heavy atom. The summed E-state index contributed by atoms with van der Waals surface area (Å²) in [4.78, 5) is 21.2. The molecule has 0 saturated heterocycles. The Balaban J connectivity index is 1.59. The van der Waals surface area contributed by atoms with E-state index in [9.17, 15) is 4.79 Å². The van der Waals surface area contributed by atoms with Crippen molar-refractivity contribution in [3.05, 3.63) is 41.6 Å². The normalized spacial score (nSPS) is 13.9. The highest BCUT2D eigenvalue weighted by molar-refractivity contribution is 5.95. The number of carbonyl (C=O) groups is 1. The van der Waals surface area contributed by atoms with E-state index in [0.29, 0.717) is 35.7 Å². The van der Waals surface area contributed by atoms with Gasteiger partial charge in [-0.05, 0) is 37.8 Å². The summed E-state index contributed by atoms with van der Waals surface area (Å²) in [5, 5.41) is 11.3. The SMILES string of the molecule is Cc1c(C(=O)NCC(C)C)cnn1-c1cc(-c2nc(C3CC3)no2)ccn1. The molecule has 4 rings (SSSR count). The number of nitrogens with one attached hydrogen (secondary N) is 1. The zero-order valence-corrected chi connectivity index (χ0v) is 15.6. The molecule has 0 bridgehead atoms. The van der Waals surface area contributed by atoms with E-state index in [2.05, 4.69) is 39.4 Å². The van der Waals surface area contributed by atoms with Crippen LogP contribution < -0.4 is 5.32 Å². The second-order valence-corrected chi connectivity index (χ2v) is 7.29. The highest BCUT2D eigenvalue weighted by Gasteiger charge is 2.29. The summed E-state index contributed by atoms with van der Waals surface area (Å²) >= 11 is 0. The van der Waals surface area contributed by atoms with E-state index in [0.717, 1.165) is 29.9 Å². The third-order valence-corrected chi connectivity index (χ3v) is 4.52. The average Bonchev–Trinajstić information content (AvgIpc) is 3.26. The predicted octanol–water partition coefficient (Wildman–Crippen LogP) is 2.89. The summed E-state index contributed by atoms with van der Waals surface area (Å²) in [6, 6.07) is 3.66. The summed E-state index contributed by atoms with van der Waals surface area (Å²) in [6.07, 6.45) is 5.48. The molecule has 0 aliphatic heterocycles. The molecule has 1 amide bonds. The summed E-state index contributed by atoms with van der Waals surface area (Å²) in [7, 11) is 0. The van der Waals surface area contributed by atoms with Crippen molar-refractivity contribution >= 4 is 5.91 Å². The van der Waals surface area contributed by atoms with E-state index in [4.69, 9.17) is 4.52 Å². The van der Waals surface area contributed by atoms with Crippen LogP contribution in [0.5, 0.6) is 0 Å². The molecule has 8 heteroatoms. The number of rotatable bonds is 6. The molecule has 0 spiro atoms. The van der Waals surface area contributed by atoms with Crippen LogP contribution in [0.2, 0.25) is 0 Å². The number of pyridine rings is 1. The Hall–Kier alpha value is -3.03. The predicted molar refractivity (Wildman–Crippen MR) is 98.5 cm³/mol. The average molecular weight is 366 g/mol. The van der Waals surface area contributed by atoms with Gasteiger partial charge in [-0.3, -0.25) is 4.79 Å². The van der Waals surface area contributed by atoms with Gasteiger partial charge in [-0.25, -0.2) is 9.67 Å². The first-order valence-electron chi connectivity index (χ1n) is 9.16. The van der Waals surface area contributed by atoms with Gasteiger partial charge in [0.1, 0.15) is 0 Å². The van der Waals surface area contributed by atoms with Crippen LogP contribution in [-0.4, -0.2) is 37.4 Å². The molecule has 1 fully saturated rings. The zero-order valence-electron chi connectivity index (χ0n) is 15.6. The lowest BCUT2D eigenvalue weighted by Gasteiger charge is -2.08. The van der Waals surface area contributed by atoms with E-state index in [-0.39, 0.29) is 5.91 Å². The topological polar surface area (TPSA) is 98.7 Å². The molecule has 0 radical (unpaired) electrons. The number of amides is 1. The Bertz CT molecular complexity index is 970. The van der Waals surface area contributed by atoms with Crippen LogP contribution in [0.15, 0.2) is 29.0 Å². The first-order valence-corrected chi connectivity index (χ1v) is 9.16. The maximum atomic E-state index is 12.4. The molecule has 140 valence electrons. The first kappa shape index (κ1) is 17.4. The van der Waals surface area contributed by atoms with Gasteiger partial charge >= 0.3 is 0 Å². The Morgan fingerprint density at radius 3 is 2.96 bits per heavy atom. The second-order valence-electron chi connectivity index (χ2n) is 7.29. The molecule has 1 saturated carbocycles. The summed E-state index contributed by atoms with van der Waals surface area (Å²) in [6.45, 7) is 6.58. The molecular weight excluding hydrogens is 344 g/mol. The molecule has 0 aromatic carbocycles. The summed E-state index contributed by atoms with van der Waals surface area (Å²) < 4.78 is 7.03. The molecule has 3 aromatic heterocycles. The molecule has 3 heterocycles. The van der Waals surface area contributed by atoms with Gasteiger partial charge in [-0.2, -0.15) is 10.1 Å². The van der Waals surface area contributed by atoms with Crippen LogP contribution in [0.4, 0.5) is 0 Å². The van der Waals surface area contributed by atoms with Crippen molar-refractivity contribution in [3.63, 3.8) is 0 Å².